The van der Waals surface area contributed by atoms with E-state index in [0.717, 1.165) is 20.8 Å². The molecule has 0 saturated carbocycles. The molecule has 7 nitrogen and oxygen atoms in total. The van der Waals surface area contributed by atoms with Gasteiger partial charge in [0.25, 0.3) is 0 Å². The summed E-state index contributed by atoms with van der Waals surface area (Å²) in [5.74, 6) is 0.372. The zero-order valence-electron chi connectivity index (χ0n) is 16.6. The Morgan fingerprint density at radius 3 is 2.67 bits per heavy atom. The topological polar surface area (TPSA) is 88.9 Å². The standard InChI is InChI=1S/C22H21N5O2S/c1-14(2)20-26-18-8-7-17(12-19(18)30-20)25-21(28)24-16-6-3-5-15(11-16)13-27-10-4-9-23-22(27)29/h3-12,14H,13H2,1-2H3,(H2,24,25,28). The summed E-state index contributed by atoms with van der Waals surface area (Å²) >= 11 is 1.64. The normalized spacial score (nSPS) is 11.0. The molecule has 0 atom stereocenters. The second kappa shape index (κ2) is 8.46. The monoisotopic (exact) mass is 419 g/mol. The minimum atomic E-state index is -0.335. The van der Waals surface area contributed by atoms with E-state index < -0.39 is 0 Å². The van der Waals surface area contributed by atoms with Gasteiger partial charge in [0.1, 0.15) is 0 Å². The Kier molecular flexibility index (Phi) is 5.58. The molecule has 0 fully saturated rings. The molecule has 0 saturated heterocycles. The molecule has 0 spiro atoms. The van der Waals surface area contributed by atoms with E-state index in [-0.39, 0.29) is 11.7 Å². The number of aromatic nitrogens is 3. The molecule has 0 aliphatic rings. The smallest absolute Gasteiger partial charge is 0.308 e. The Labute approximate surface area is 177 Å². The van der Waals surface area contributed by atoms with Gasteiger partial charge in [-0.3, -0.25) is 4.57 Å². The van der Waals surface area contributed by atoms with Gasteiger partial charge in [0.05, 0.1) is 21.8 Å². The largest absolute Gasteiger partial charge is 0.347 e. The molecule has 2 amide bonds. The molecular formula is C22H21N5O2S. The van der Waals surface area contributed by atoms with Gasteiger partial charge in [0.15, 0.2) is 0 Å². The van der Waals surface area contributed by atoms with Gasteiger partial charge in [-0.25, -0.2) is 19.6 Å². The molecule has 0 bridgehead atoms. The van der Waals surface area contributed by atoms with Gasteiger partial charge in [-0.05, 0) is 42.0 Å². The van der Waals surface area contributed by atoms with E-state index in [1.807, 2.05) is 36.4 Å². The second-order valence-corrected chi connectivity index (χ2v) is 8.26. The van der Waals surface area contributed by atoms with Crippen molar-refractivity contribution in [3.05, 3.63) is 82.0 Å². The van der Waals surface area contributed by atoms with Crippen LogP contribution in [0.4, 0.5) is 16.2 Å². The first kappa shape index (κ1) is 19.8. The van der Waals surface area contributed by atoms with Crippen molar-refractivity contribution in [3.8, 4) is 0 Å². The number of hydrogen-bond acceptors (Lipinski definition) is 5. The van der Waals surface area contributed by atoms with E-state index in [4.69, 9.17) is 0 Å². The van der Waals surface area contributed by atoms with Crippen LogP contribution in [0, 0.1) is 0 Å². The Morgan fingerprint density at radius 1 is 1.10 bits per heavy atom. The Balaban J connectivity index is 1.44. The van der Waals surface area contributed by atoms with Crippen molar-refractivity contribution in [3.63, 3.8) is 0 Å². The number of rotatable bonds is 5. The van der Waals surface area contributed by atoms with Crippen molar-refractivity contribution >= 4 is 39.0 Å². The number of thiazole rings is 1. The number of nitrogens with zero attached hydrogens (tertiary/aromatic N) is 3. The Bertz CT molecular complexity index is 1260. The second-order valence-electron chi connectivity index (χ2n) is 7.20. The van der Waals surface area contributed by atoms with Crippen LogP contribution in [-0.4, -0.2) is 20.6 Å². The van der Waals surface area contributed by atoms with Crippen LogP contribution < -0.4 is 16.3 Å². The third-order valence-electron chi connectivity index (χ3n) is 4.48. The fourth-order valence-corrected chi connectivity index (χ4v) is 4.02. The number of hydrogen-bond donors (Lipinski definition) is 2. The molecule has 2 aromatic heterocycles. The maximum Gasteiger partial charge on any atom is 0.347 e. The molecule has 30 heavy (non-hydrogen) atoms. The highest BCUT2D eigenvalue weighted by atomic mass is 32.1. The van der Waals surface area contributed by atoms with Crippen LogP contribution in [0.5, 0.6) is 0 Å². The Morgan fingerprint density at radius 2 is 1.90 bits per heavy atom. The number of anilines is 2. The first-order valence-corrected chi connectivity index (χ1v) is 10.4. The molecular weight excluding hydrogens is 398 g/mol. The molecule has 152 valence electrons. The van der Waals surface area contributed by atoms with Crippen molar-refractivity contribution in [2.75, 3.05) is 10.6 Å². The summed E-state index contributed by atoms with van der Waals surface area (Å²) in [6, 6.07) is 14.4. The van der Waals surface area contributed by atoms with Crippen LogP contribution in [0.2, 0.25) is 0 Å². The number of urea groups is 1. The summed E-state index contributed by atoms with van der Waals surface area (Å²) in [5, 5.41) is 6.78. The molecule has 4 aromatic rings. The fraction of sp³-hybridized carbons (Fsp3) is 0.182. The van der Waals surface area contributed by atoms with Gasteiger partial charge in [-0.2, -0.15) is 0 Å². The number of amides is 2. The van der Waals surface area contributed by atoms with Crippen molar-refractivity contribution < 1.29 is 4.79 Å². The molecule has 8 heteroatoms. The first-order chi connectivity index (χ1) is 14.5. The summed E-state index contributed by atoms with van der Waals surface area (Å²) < 4.78 is 2.55. The third kappa shape index (κ3) is 4.55. The average Bonchev–Trinajstić information content (AvgIpc) is 3.14. The maximum atomic E-state index is 12.5. The van der Waals surface area contributed by atoms with Crippen molar-refractivity contribution in [1.29, 1.82) is 0 Å². The zero-order valence-corrected chi connectivity index (χ0v) is 17.4. The lowest BCUT2D eigenvalue weighted by molar-refractivity contribution is 0.262. The number of carbonyl (C=O) groups excluding carboxylic acids is 1. The summed E-state index contributed by atoms with van der Waals surface area (Å²) in [5.41, 5.74) is 2.86. The predicted octanol–water partition coefficient (Wildman–Crippen LogP) is 4.67. The highest BCUT2D eigenvalue weighted by molar-refractivity contribution is 7.18. The van der Waals surface area contributed by atoms with Crippen molar-refractivity contribution in [2.45, 2.75) is 26.3 Å². The first-order valence-electron chi connectivity index (χ1n) is 9.57. The Hall–Kier alpha value is -3.52. The van der Waals surface area contributed by atoms with E-state index in [1.54, 1.807) is 29.7 Å². The predicted molar refractivity (Wildman–Crippen MR) is 120 cm³/mol. The molecule has 4 rings (SSSR count). The highest BCUT2D eigenvalue weighted by Crippen LogP contribution is 2.29. The van der Waals surface area contributed by atoms with Crippen LogP contribution in [0.15, 0.2) is 65.7 Å². The molecule has 0 unspecified atom stereocenters. The quantitative estimate of drug-likeness (QED) is 0.492. The van der Waals surface area contributed by atoms with Gasteiger partial charge >= 0.3 is 11.7 Å². The number of nitrogens with one attached hydrogen (secondary N) is 2. The fourth-order valence-electron chi connectivity index (χ4n) is 3.01. The summed E-state index contributed by atoms with van der Waals surface area (Å²) in [6.07, 6.45) is 3.15. The zero-order chi connectivity index (χ0) is 21.1. The van der Waals surface area contributed by atoms with Gasteiger partial charge in [-0.15, -0.1) is 11.3 Å². The van der Waals surface area contributed by atoms with Crippen molar-refractivity contribution in [2.24, 2.45) is 0 Å². The lowest BCUT2D eigenvalue weighted by Gasteiger charge is -2.10. The molecule has 0 radical (unpaired) electrons. The van der Waals surface area contributed by atoms with Crippen LogP contribution in [0.25, 0.3) is 10.2 Å². The number of benzene rings is 2. The lowest BCUT2D eigenvalue weighted by atomic mass is 10.2. The average molecular weight is 420 g/mol. The van der Waals surface area contributed by atoms with E-state index in [0.29, 0.717) is 23.8 Å². The molecule has 2 aromatic carbocycles. The highest BCUT2D eigenvalue weighted by Gasteiger charge is 2.09. The lowest BCUT2D eigenvalue weighted by Crippen LogP contribution is -2.22. The SMILES string of the molecule is CC(C)c1nc2ccc(NC(=O)Nc3cccc(Cn4cccnc4=O)c3)cc2s1. The van der Waals surface area contributed by atoms with Crippen molar-refractivity contribution in [1.82, 2.24) is 14.5 Å². The molecule has 2 heterocycles. The van der Waals surface area contributed by atoms with Gasteiger partial charge < -0.3 is 10.6 Å². The summed E-state index contributed by atoms with van der Waals surface area (Å²) in [4.78, 5) is 32.6. The van der Waals surface area contributed by atoms with Gasteiger partial charge in [0.2, 0.25) is 0 Å². The maximum absolute atomic E-state index is 12.5. The van der Waals surface area contributed by atoms with Crippen LogP contribution in [0.1, 0.15) is 30.3 Å². The van der Waals surface area contributed by atoms with E-state index >= 15 is 0 Å². The minimum absolute atomic E-state index is 0.312. The van der Waals surface area contributed by atoms with Gasteiger partial charge in [0, 0.05) is 29.7 Å². The minimum Gasteiger partial charge on any atom is -0.308 e. The summed E-state index contributed by atoms with van der Waals surface area (Å²) in [7, 11) is 0. The number of fused-ring (bicyclic) bond motifs is 1. The van der Waals surface area contributed by atoms with Crippen LogP contribution in [-0.2, 0) is 6.54 Å². The third-order valence-corrected chi connectivity index (χ3v) is 5.80. The van der Waals surface area contributed by atoms with E-state index in [9.17, 15) is 9.59 Å². The summed E-state index contributed by atoms with van der Waals surface area (Å²) in [6.45, 7) is 4.61. The van der Waals surface area contributed by atoms with E-state index in [1.165, 1.54) is 10.8 Å². The van der Waals surface area contributed by atoms with Crippen LogP contribution in [0.3, 0.4) is 0 Å². The van der Waals surface area contributed by atoms with E-state index in [2.05, 4.69) is 34.4 Å². The molecule has 0 aliphatic carbocycles. The van der Waals surface area contributed by atoms with Crippen LogP contribution >= 0.6 is 11.3 Å². The molecule has 0 aliphatic heterocycles. The van der Waals surface area contributed by atoms with Gasteiger partial charge in [-0.1, -0.05) is 26.0 Å². The number of carbonyl (C=O) groups is 1. The molecule has 2 N–H and O–H groups in total.